The summed E-state index contributed by atoms with van der Waals surface area (Å²) in [6.45, 7) is 1.99. The van der Waals surface area contributed by atoms with Crippen molar-refractivity contribution in [3.8, 4) is 11.1 Å². The van der Waals surface area contributed by atoms with Crippen LogP contribution in [0.4, 0.5) is 0 Å². The summed E-state index contributed by atoms with van der Waals surface area (Å²) in [7, 11) is -0.0997. The van der Waals surface area contributed by atoms with Gasteiger partial charge in [0.15, 0.2) is 5.11 Å². The number of carbonyl (C=O) groups is 1. The van der Waals surface area contributed by atoms with Crippen molar-refractivity contribution in [1.29, 1.82) is 0 Å². The van der Waals surface area contributed by atoms with E-state index in [2.05, 4.69) is 5.32 Å². The summed E-state index contributed by atoms with van der Waals surface area (Å²) in [6.07, 6.45) is 1.67. The van der Waals surface area contributed by atoms with Gasteiger partial charge in [0.05, 0.1) is 10.4 Å². The van der Waals surface area contributed by atoms with Crippen molar-refractivity contribution in [2.75, 3.05) is 33.7 Å². The molecule has 1 aliphatic rings. The summed E-state index contributed by atoms with van der Waals surface area (Å²) in [5.41, 5.74) is 2.87. The fourth-order valence-corrected chi connectivity index (χ4v) is 5.97. The molecule has 7 nitrogen and oxygen atoms in total. The van der Waals surface area contributed by atoms with E-state index in [0.717, 1.165) is 16.5 Å². The normalized spacial score (nSPS) is 13.8. The molecule has 0 atom stereocenters. The second-order valence-corrected chi connectivity index (χ2v) is 11.6. The summed E-state index contributed by atoms with van der Waals surface area (Å²) in [5, 5.41) is 4.73. The topological polar surface area (TPSA) is 74.7 Å². The summed E-state index contributed by atoms with van der Waals surface area (Å²) in [5.74, 6) is 0.232. The number of para-hydroxylation sites is 1. The molecule has 0 aliphatic carbocycles. The molecule has 9 heteroatoms. The number of nitrogens with zero attached hydrogens (tertiary/aromatic N) is 3. The number of hydrogen-bond acceptors (Lipinski definition) is 4. The van der Waals surface area contributed by atoms with Crippen LogP contribution < -0.4 is 5.32 Å². The molecular formula is C28H28N4O3S2. The molecule has 1 fully saturated rings. The minimum absolute atomic E-state index is 0.104. The van der Waals surface area contributed by atoms with Gasteiger partial charge in [-0.15, -0.1) is 0 Å². The maximum atomic E-state index is 13.6. The number of thiocarbonyl (C=S) groups is 1. The van der Waals surface area contributed by atoms with Gasteiger partial charge in [0.25, 0.3) is 15.9 Å². The van der Waals surface area contributed by atoms with Gasteiger partial charge in [-0.05, 0) is 48.1 Å². The van der Waals surface area contributed by atoms with Crippen LogP contribution in [0.5, 0.6) is 0 Å². The summed E-state index contributed by atoms with van der Waals surface area (Å²) in [6, 6.07) is 23.4. The molecule has 1 saturated heterocycles. The highest BCUT2D eigenvalue weighted by atomic mass is 32.2. The van der Waals surface area contributed by atoms with E-state index in [0.29, 0.717) is 41.7 Å². The Bertz CT molecular complexity index is 1560. The van der Waals surface area contributed by atoms with Crippen LogP contribution in [-0.2, 0) is 10.0 Å². The van der Waals surface area contributed by atoms with Gasteiger partial charge in [0.2, 0.25) is 0 Å². The third kappa shape index (κ3) is 4.84. The Morgan fingerprint density at radius 1 is 0.973 bits per heavy atom. The third-order valence-electron chi connectivity index (χ3n) is 6.61. The predicted octanol–water partition coefficient (Wildman–Crippen LogP) is 4.05. The molecule has 4 aromatic rings. The van der Waals surface area contributed by atoms with Gasteiger partial charge in [-0.2, -0.15) is 0 Å². The monoisotopic (exact) mass is 532 g/mol. The van der Waals surface area contributed by atoms with Crippen LogP contribution in [0.3, 0.4) is 0 Å². The maximum Gasteiger partial charge on any atom is 0.268 e. The number of hydrogen-bond donors (Lipinski definition) is 1. The Morgan fingerprint density at radius 2 is 1.62 bits per heavy atom. The van der Waals surface area contributed by atoms with E-state index < -0.39 is 10.0 Å². The largest absolute Gasteiger partial charge is 0.362 e. The number of carbonyl (C=O) groups excluding carboxylic acids is 1. The third-order valence-corrected chi connectivity index (χ3v) is 8.81. The molecule has 0 spiro atoms. The molecule has 1 aliphatic heterocycles. The number of benzene rings is 3. The molecule has 0 unspecified atom stereocenters. The molecule has 5 rings (SSSR count). The van der Waals surface area contributed by atoms with Crippen LogP contribution in [-0.4, -0.2) is 66.9 Å². The highest BCUT2D eigenvalue weighted by Crippen LogP contribution is 2.33. The van der Waals surface area contributed by atoms with Crippen molar-refractivity contribution < 1.29 is 13.2 Å². The van der Waals surface area contributed by atoms with E-state index in [9.17, 15) is 13.2 Å². The molecule has 3 aromatic carbocycles. The molecule has 0 radical (unpaired) electrons. The SMILES string of the molecule is CN(C)C(=S)NCC1CN(C(=O)c2ccc(S(=O)(=O)n3cc(-c4ccccc4)c4ccccc43)cc2)C1. The van der Waals surface area contributed by atoms with Gasteiger partial charge in [0, 0.05) is 62.4 Å². The van der Waals surface area contributed by atoms with E-state index in [1.54, 1.807) is 29.3 Å². The van der Waals surface area contributed by atoms with Crippen molar-refractivity contribution in [3.05, 3.63) is 90.6 Å². The molecule has 1 amide bonds. The van der Waals surface area contributed by atoms with Crippen LogP contribution in [0.2, 0.25) is 0 Å². The van der Waals surface area contributed by atoms with Crippen molar-refractivity contribution in [2.24, 2.45) is 5.92 Å². The van der Waals surface area contributed by atoms with Crippen LogP contribution in [0.25, 0.3) is 22.0 Å². The molecule has 1 aromatic heterocycles. The van der Waals surface area contributed by atoms with E-state index in [-0.39, 0.29) is 10.8 Å². The Hall–Kier alpha value is -3.69. The van der Waals surface area contributed by atoms with Crippen molar-refractivity contribution in [1.82, 2.24) is 19.1 Å². The first-order valence-corrected chi connectivity index (χ1v) is 13.9. The van der Waals surface area contributed by atoms with Crippen LogP contribution in [0, 0.1) is 5.92 Å². The van der Waals surface area contributed by atoms with Crippen LogP contribution in [0.15, 0.2) is 90.0 Å². The van der Waals surface area contributed by atoms with Crippen LogP contribution in [0.1, 0.15) is 10.4 Å². The molecule has 1 N–H and O–H groups in total. The van der Waals surface area contributed by atoms with Gasteiger partial charge in [-0.1, -0.05) is 48.5 Å². The molecule has 0 bridgehead atoms. The smallest absolute Gasteiger partial charge is 0.268 e. The fraction of sp³-hybridized carbons (Fsp3) is 0.214. The van der Waals surface area contributed by atoms with Crippen LogP contribution >= 0.6 is 12.2 Å². The first-order chi connectivity index (χ1) is 17.8. The minimum Gasteiger partial charge on any atom is -0.362 e. The summed E-state index contributed by atoms with van der Waals surface area (Å²) in [4.78, 5) is 16.6. The number of amides is 1. The van der Waals surface area contributed by atoms with Gasteiger partial charge in [-0.25, -0.2) is 12.4 Å². The van der Waals surface area contributed by atoms with Crippen molar-refractivity contribution in [2.45, 2.75) is 4.90 Å². The second kappa shape index (κ2) is 9.99. The van der Waals surface area contributed by atoms with E-state index in [4.69, 9.17) is 12.2 Å². The summed E-state index contributed by atoms with van der Waals surface area (Å²) >= 11 is 5.24. The standard InChI is InChI=1S/C28H28N4O3S2/c1-30(2)28(36)29-16-20-17-31(18-20)27(33)22-12-14-23(15-13-22)37(34,35)32-19-25(21-8-4-3-5-9-21)24-10-6-7-11-26(24)32/h3-15,19-20H,16-18H2,1-2H3,(H,29,36). The first-order valence-electron chi connectivity index (χ1n) is 12.0. The lowest BCUT2D eigenvalue weighted by Crippen LogP contribution is -2.54. The number of fused-ring (bicyclic) bond motifs is 1. The van der Waals surface area contributed by atoms with E-state index >= 15 is 0 Å². The summed E-state index contributed by atoms with van der Waals surface area (Å²) < 4.78 is 28.6. The first kappa shape index (κ1) is 25.0. The lowest BCUT2D eigenvalue weighted by atomic mass is 9.99. The molecule has 0 saturated carbocycles. The lowest BCUT2D eigenvalue weighted by Gasteiger charge is -2.39. The minimum atomic E-state index is -3.87. The Balaban J connectivity index is 1.34. The van der Waals surface area contributed by atoms with Crippen molar-refractivity contribution in [3.63, 3.8) is 0 Å². The van der Waals surface area contributed by atoms with Crippen molar-refractivity contribution >= 4 is 44.2 Å². The van der Waals surface area contributed by atoms with E-state index in [1.165, 1.54) is 16.1 Å². The number of aromatic nitrogens is 1. The van der Waals surface area contributed by atoms with E-state index in [1.807, 2.05) is 67.5 Å². The van der Waals surface area contributed by atoms with Gasteiger partial charge in [0.1, 0.15) is 0 Å². The average Bonchev–Trinajstić information content (AvgIpc) is 3.28. The Labute approximate surface area is 222 Å². The van der Waals surface area contributed by atoms with Gasteiger partial charge < -0.3 is 15.1 Å². The highest BCUT2D eigenvalue weighted by molar-refractivity contribution is 7.90. The predicted molar refractivity (Wildman–Crippen MR) is 150 cm³/mol. The Morgan fingerprint density at radius 3 is 2.30 bits per heavy atom. The molecule has 2 heterocycles. The lowest BCUT2D eigenvalue weighted by molar-refractivity contribution is 0.0507. The second-order valence-electron chi connectivity index (χ2n) is 9.41. The number of rotatable bonds is 6. The zero-order chi connectivity index (χ0) is 26.2. The van der Waals surface area contributed by atoms with Gasteiger partial charge in [-0.3, -0.25) is 4.79 Å². The maximum absolute atomic E-state index is 13.6. The number of likely N-dealkylation sites (tertiary alicyclic amines) is 1. The average molecular weight is 533 g/mol. The molecule has 190 valence electrons. The molecular weight excluding hydrogens is 504 g/mol. The van der Waals surface area contributed by atoms with Gasteiger partial charge >= 0.3 is 0 Å². The Kier molecular flexibility index (Phi) is 6.74. The highest BCUT2D eigenvalue weighted by Gasteiger charge is 2.31. The fourth-order valence-electron chi connectivity index (χ4n) is 4.52. The number of nitrogens with one attached hydrogen (secondary N) is 1. The zero-order valence-electron chi connectivity index (χ0n) is 20.7. The molecule has 37 heavy (non-hydrogen) atoms. The quantitative estimate of drug-likeness (QED) is 0.378. The zero-order valence-corrected chi connectivity index (χ0v) is 22.3.